The zero-order valence-electron chi connectivity index (χ0n) is 12.2. The van der Waals surface area contributed by atoms with E-state index in [4.69, 9.17) is 5.73 Å². The van der Waals surface area contributed by atoms with Crippen LogP contribution in [-0.2, 0) is 0 Å². The van der Waals surface area contributed by atoms with E-state index < -0.39 is 11.7 Å². The van der Waals surface area contributed by atoms with Crippen molar-refractivity contribution in [1.82, 2.24) is 20.3 Å². The molecule has 8 heteroatoms. The Kier molecular flexibility index (Phi) is 3.76. The largest absolute Gasteiger partial charge is 0.369 e. The van der Waals surface area contributed by atoms with E-state index in [0.29, 0.717) is 0 Å². The molecule has 2 heterocycles. The summed E-state index contributed by atoms with van der Waals surface area (Å²) in [5.41, 5.74) is 6.31. The maximum atomic E-state index is 14.4. The fourth-order valence-corrected chi connectivity index (χ4v) is 2.55. The van der Waals surface area contributed by atoms with Crippen molar-refractivity contribution in [3.63, 3.8) is 0 Å². The number of aromatic amines is 1. The summed E-state index contributed by atoms with van der Waals surface area (Å²) in [7, 11) is 2.07. The van der Waals surface area contributed by atoms with E-state index in [2.05, 4.69) is 32.3 Å². The summed E-state index contributed by atoms with van der Waals surface area (Å²) in [6.45, 7) is 3.59. The van der Waals surface area contributed by atoms with E-state index in [1.807, 2.05) is 6.07 Å². The highest BCUT2D eigenvalue weighted by molar-refractivity contribution is 5.96. The number of nitrogens with zero attached hydrogens (tertiary/aromatic N) is 4. The summed E-state index contributed by atoms with van der Waals surface area (Å²) in [6.07, 6.45) is 0. The Balaban J connectivity index is 1.89. The SMILES string of the molecule is CN1CCN(c2ccc(-c3n[nH]nc3C(N)=O)c(F)c2)CC1. The number of benzene rings is 1. The lowest BCUT2D eigenvalue weighted by atomic mass is 10.1. The number of piperazine rings is 1. The van der Waals surface area contributed by atoms with E-state index in [0.717, 1.165) is 31.9 Å². The van der Waals surface area contributed by atoms with Crippen molar-refractivity contribution in [1.29, 1.82) is 0 Å². The van der Waals surface area contributed by atoms with Crippen molar-refractivity contribution in [2.75, 3.05) is 38.1 Å². The fourth-order valence-electron chi connectivity index (χ4n) is 2.55. The van der Waals surface area contributed by atoms with Gasteiger partial charge in [0.1, 0.15) is 11.5 Å². The number of halogens is 1. The second kappa shape index (κ2) is 5.72. The first-order valence-corrected chi connectivity index (χ1v) is 7.00. The maximum absolute atomic E-state index is 14.4. The van der Waals surface area contributed by atoms with Crippen LogP contribution in [0.15, 0.2) is 18.2 Å². The van der Waals surface area contributed by atoms with Crippen LogP contribution in [0.3, 0.4) is 0 Å². The fraction of sp³-hybridized carbons (Fsp3) is 0.357. The number of carbonyl (C=O) groups is 1. The maximum Gasteiger partial charge on any atom is 0.271 e. The van der Waals surface area contributed by atoms with Gasteiger partial charge >= 0.3 is 0 Å². The molecule has 0 saturated carbocycles. The number of rotatable bonds is 3. The first kappa shape index (κ1) is 14.5. The molecule has 0 radical (unpaired) electrons. The third kappa shape index (κ3) is 2.64. The minimum absolute atomic E-state index is 0.0637. The third-order valence-electron chi connectivity index (χ3n) is 3.86. The highest BCUT2D eigenvalue weighted by atomic mass is 19.1. The molecule has 1 amide bonds. The van der Waals surface area contributed by atoms with Crippen LogP contribution in [0.2, 0.25) is 0 Å². The number of hydrogen-bond acceptors (Lipinski definition) is 5. The molecule has 3 rings (SSSR count). The van der Waals surface area contributed by atoms with Gasteiger partial charge in [-0.25, -0.2) is 4.39 Å². The number of anilines is 1. The summed E-state index contributed by atoms with van der Waals surface area (Å²) in [5, 5.41) is 9.79. The quantitative estimate of drug-likeness (QED) is 0.859. The van der Waals surface area contributed by atoms with Crippen molar-refractivity contribution >= 4 is 11.6 Å². The average molecular weight is 304 g/mol. The van der Waals surface area contributed by atoms with Gasteiger partial charge in [0.25, 0.3) is 5.91 Å². The number of nitrogens with two attached hydrogens (primary N) is 1. The number of likely N-dealkylation sites (N-methyl/N-ethyl adjacent to an activating group) is 1. The van der Waals surface area contributed by atoms with Crippen LogP contribution >= 0.6 is 0 Å². The van der Waals surface area contributed by atoms with Crippen LogP contribution in [0.25, 0.3) is 11.3 Å². The summed E-state index contributed by atoms with van der Waals surface area (Å²) >= 11 is 0. The third-order valence-corrected chi connectivity index (χ3v) is 3.86. The first-order chi connectivity index (χ1) is 10.6. The van der Waals surface area contributed by atoms with Crippen molar-refractivity contribution < 1.29 is 9.18 Å². The Morgan fingerprint density at radius 1 is 1.27 bits per heavy atom. The lowest BCUT2D eigenvalue weighted by Crippen LogP contribution is -2.44. The molecular weight excluding hydrogens is 287 g/mol. The molecule has 1 aliphatic heterocycles. The number of H-pyrrole nitrogens is 1. The van der Waals surface area contributed by atoms with Crippen molar-refractivity contribution in [2.45, 2.75) is 0 Å². The van der Waals surface area contributed by atoms with Crippen molar-refractivity contribution in [2.24, 2.45) is 5.73 Å². The number of hydrogen-bond donors (Lipinski definition) is 2. The second-order valence-corrected chi connectivity index (χ2v) is 5.34. The molecule has 1 fully saturated rings. The Morgan fingerprint density at radius 3 is 2.64 bits per heavy atom. The molecule has 1 aromatic heterocycles. The molecule has 116 valence electrons. The molecule has 3 N–H and O–H groups in total. The van der Waals surface area contributed by atoms with Gasteiger partial charge in [-0.05, 0) is 25.2 Å². The minimum Gasteiger partial charge on any atom is -0.369 e. The van der Waals surface area contributed by atoms with E-state index in [1.54, 1.807) is 6.07 Å². The molecular formula is C14H17FN6O. The summed E-state index contributed by atoms with van der Waals surface area (Å²) in [6, 6.07) is 4.89. The van der Waals surface area contributed by atoms with Crippen LogP contribution in [0.4, 0.5) is 10.1 Å². The van der Waals surface area contributed by atoms with Gasteiger partial charge in [0, 0.05) is 37.4 Å². The Labute approximate surface area is 126 Å². The zero-order chi connectivity index (χ0) is 15.7. The minimum atomic E-state index is -0.744. The molecule has 1 aliphatic rings. The molecule has 22 heavy (non-hydrogen) atoms. The monoisotopic (exact) mass is 304 g/mol. The second-order valence-electron chi connectivity index (χ2n) is 5.34. The summed E-state index contributed by atoms with van der Waals surface area (Å²) < 4.78 is 14.4. The Hall–Kier alpha value is -2.48. The smallest absolute Gasteiger partial charge is 0.271 e. The number of primary amides is 1. The lowest BCUT2D eigenvalue weighted by molar-refractivity contribution is 0.0996. The van der Waals surface area contributed by atoms with Gasteiger partial charge in [-0.3, -0.25) is 4.79 Å². The van der Waals surface area contributed by atoms with Gasteiger partial charge in [0.15, 0.2) is 5.69 Å². The molecule has 0 unspecified atom stereocenters. The van der Waals surface area contributed by atoms with Crippen LogP contribution in [-0.4, -0.2) is 59.4 Å². The topological polar surface area (TPSA) is 91.1 Å². The van der Waals surface area contributed by atoms with Crippen LogP contribution in [0.1, 0.15) is 10.5 Å². The molecule has 2 aromatic rings. The van der Waals surface area contributed by atoms with Gasteiger partial charge in [-0.1, -0.05) is 0 Å². The predicted molar refractivity (Wildman–Crippen MR) is 80.0 cm³/mol. The predicted octanol–water partition coefficient (Wildman–Crippen LogP) is 0.461. The van der Waals surface area contributed by atoms with E-state index in [-0.39, 0.29) is 17.0 Å². The average Bonchev–Trinajstić information content (AvgIpc) is 2.97. The van der Waals surface area contributed by atoms with E-state index in [9.17, 15) is 9.18 Å². The highest BCUT2D eigenvalue weighted by Gasteiger charge is 2.20. The molecule has 0 atom stereocenters. The van der Waals surface area contributed by atoms with E-state index >= 15 is 0 Å². The van der Waals surface area contributed by atoms with Crippen molar-refractivity contribution in [3.8, 4) is 11.3 Å². The van der Waals surface area contributed by atoms with Gasteiger partial charge in [-0.15, -0.1) is 0 Å². The Morgan fingerprint density at radius 2 is 2.00 bits per heavy atom. The van der Waals surface area contributed by atoms with Crippen LogP contribution < -0.4 is 10.6 Å². The summed E-state index contributed by atoms with van der Waals surface area (Å²) in [5.74, 6) is -1.20. The number of nitrogens with one attached hydrogen (secondary N) is 1. The zero-order valence-corrected chi connectivity index (χ0v) is 12.2. The van der Waals surface area contributed by atoms with Gasteiger partial charge in [0.05, 0.1) is 0 Å². The van der Waals surface area contributed by atoms with Gasteiger partial charge in [0.2, 0.25) is 0 Å². The normalized spacial score (nSPS) is 16.0. The highest BCUT2D eigenvalue weighted by Crippen LogP contribution is 2.27. The van der Waals surface area contributed by atoms with Gasteiger partial charge in [-0.2, -0.15) is 15.4 Å². The molecule has 1 saturated heterocycles. The number of carbonyl (C=O) groups excluding carboxylic acids is 1. The molecule has 0 aliphatic carbocycles. The number of aromatic nitrogens is 3. The van der Waals surface area contributed by atoms with E-state index in [1.165, 1.54) is 6.07 Å². The molecule has 0 bridgehead atoms. The standard InChI is InChI=1S/C14H17FN6O/c1-20-4-6-21(7-5-20)9-2-3-10(11(15)8-9)12-13(14(16)22)18-19-17-12/h2-3,8H,4-7H2,1H3,(H2,16,22)(H,17,18,19). The Bertz CT molecular complexity index is 692. The molecule has 0 spiro atoms. The van der Waals surface area contributed by atoms with Gasteiger partial charge < -0.3 is 15.5 Å². The summed E-state index contributed by atoms with van der Waals surface area (Å²) in [4.78, 5) is 15.6. The molecule has 7 nitrogen and oxygen atoms in total. The van der Waals surface area contributed by atoms with Crippen molar-refractivity contribution in [3.05, 3.63) is 29.7 Å². The molecule has 1 aromatic carbocycles. The lowest BCUT2D eigenvalue weighted by Gasteiger charge is -2.34. The van der Waals surface area contributed by atoms with Crippen LogP contribution in [0.5, 0.6) is 0 Å². The van der Waals surface area contributed by atoms with Crippen LogP contribution in [0, 0.1) is 5.82 Å². The number of amides is 1. The first-order valence-electron chi connectivity index (χ1n) is 7.00.